The summed E-state index contributed by atoms with van der Waals surface area (Å²) in [7, 11) is 0. The lowest BCUT2D eigenvalue weighted by Gasteiger charge is -2.36. The summed E-state index contributed by atoms with van der Waals surface area (Å²) in [6.45, 7) is 3.99. The van der Waals surface area contributed by atoms with Crippen molar-refractivity contribution in [1.82, 2.24) is 10.2 Å². The Kier molecular flexibility index (Phi) is 6.14. The maximum atomic E-state index is 12.9. The molecule has 0 saturated carbocycles. The largest absolute Gasteiger partial charge is 0.368 e. The highest BCUT2D eigenvalue weighted by molar-refractivity contribution is 6.30. The van der Waals surface area contributed by atoms with Crippen molar-refractivity contribution < 1.29 is 9.59 Å². The van der Waals surface area contributed by atoms with Crippen molar-refractivity contribution in [2.75, 3.05) is 31.1 Å². The topological polar surface area (TPSA) is 52.7 Å². The molecule has 1 N–H and O–H groups in total. The molecule has 2 aromatic carbocycles. The summed E-state index contributed by atoms with van der Waals surface area (Å²) in [6, 6.07) is 17.2. The van der Waals surface area contributed by atoms with Gasteiger partial charge in [-0.05, 0) is 29.8 Å². The Hall–Kier alpha value is -2.79. The summed E-state index contributed by atoms with van der Waals surface area (Å²) in [4.78, 5) is 28.5. The summed E-state index contributed by atoms with van der Waals surface area (Å²) in [6.07, 6.45) is 1.72. The fourth-order valence-corrected chi connectivity index (χ4v) is 3.25. The zero-order chi connectivity index (χ0) is 19.2. The third kappa shape index (κ3) is 5.11. The second kappa shape index (κ2) is 8.73. The Morgan fingerprint density at radius 1 is 1.00 bits per heavy atom. The van der Waals surface area contributed by atoms with Crippen molar-refractivity contribution in [3.05, 3.63) is 70.9 Å². The molecule has 0 bridgehead atoms. The van der Waals surface area contributed by atoms with E-state index in [9.17, 15) is 9.59 Å². The molecular weight excluding hydrogens is 362 g/mol. The van der Waals surface area contributed by atoms with E-state index < -0.39 is 0 Å². The van der Waals surface area contributed by atoms with E-state index in [0.29, 0.717) is 36.9 Å². The van der Waals surface area contributed by atoms with Crippen molar-refractivity contribution in [3.63, 3.8) is 0 Å². The molecule has 1 saturated heterocycles. The maximum absolute atomic E-state index is 12.9. The van der Waals surface area contributed by atoms with E-state index in [-0.39, 0.29) is 11.8 Å². The molecule has 0 atom stereocenters. The van der Waals surface area contributed by atoms with Crippen LogP contribution in [-0.2, 0) is 9.59 Å². The van der Waals surface area contributed by atoms with E-state index in [1.807, 2.05) is 54.6 Å². The molecule has 3 rings (SSSR count). The minimum atomic E-state index is -0.261. The number of halogens is 1. The Labute approximate surface area is 164 Å². The van der Waals surface area contributed by atoms with Crippen LogP contribution < -0.4 is 10.2 Å². The molecule has 2 aromatic rings. The van der Waals surface area contributed by atoms with Gasteiger partial charge in [0.1, 0.15) is 5.70 Å². The van der Waals surface area contributed by atoms with Gasteiger partial charge in [-0.25, -0.2) is 0 Å². The first-order valence-electron chi connectivity index (χ1n) is 8.87. The number of carbonyl (C=O) groups excluding carboxylic acids is 2. The van der Waals surface area contributed by atoms with Gasteiger partial charge in [0.15, 0.2) is 0 Å². The van der Waals surface area contributed by atoms with Gasteiger partial charge in [0, 0.05) is 43.8 Å². The fraction of sp³-hybridized carbons (Fsp3) is 0.238. The van der Waals surface area contributed by atoms with Crippen LogP contribution in [-0.4, -0.2) is 42.9 Å². The predicted molar refractivity (Wildman–Crippen MR) is 108 cm³/mol. The summed E-state index contributed by atoms with van der Waals surface area (Å²) >= 11 is 6.07. The number of nitrogens with zero attached hydrogens (tertiary/aromatic N) is 2. The van der Waals surface area contributed by atoms with Crippen molar-refractivity contribution in [2.45, 2.75) is 6.92 Å². The molecule has 27 heavy (non-hydrogen) atoms. The van der Waals surface area contributed by atoms with Crippen molar-refractivity contribution in [3.8, 4) is 0 Å². The lowest BCUT2D eigenvalue weighted by Crippen LogP contribution is -2.50. The van der Waals surface area contributed by atoms with Gasteiger partial charge >= 0.3 is 0 Å². The van der Waals surface area contributed by atoms with Crippen LogP contribution in [0.4, 0.5) is 5.69 Å². The minimum Gasteiger partial charge on any atom is -0.368 e. The van der Waals surface area contributed by atoms with Gasteiger partial charge < -0.3 is 15.1 Å². The van der Waals surface area contributed by atoms with Gasteiger partial charge in [-0.1, -0.05) is 48.0 Å². The zero-order valence-corrected chi connectivity index (χ0v) is 15.9. The van der Waals surface area contributed by atoms with E-state index in [0.717, 1.165) is 11.3 Å². The third-order valence-electron chi connectivity index (χ3n) is 4.39. The first-order chi connectivity index (χ1) is 13.0. The monoisotopic (exact) mass is 383 g/mol. The molecule has 1 aliphatic rings. The van der Waals surface area contributed by atoms with E-state index >= 15 is 0 Å². The second-order valence-electron chi connectivity index (χ2n) is 6.41. The molecule has 0 spiro atoms. The molecule has 1 aliphatic heterocycles. The number of amides is 2. The van der Waals surface area contributed by atoms with Crippen LogP contribution in [0.2, 0.25) is 5.02 Å². The van der Waals surface area contributed by atoms with Crippen molar-refractivity contribution >= 4 is 35.2 Å². The Balaban J connectivity index is 1.70. The number of rotatable bonds is 4. The first-order valence-corrected chi connectivity index (χ1v) is 9.25. The molecule has 0 radical (unpaired) electrons. The average molecular weight is 384 g/mol. The summed E-state index contributed by atoms with van der Waals surface area (Å²) in [5.74, 6) is -0.428. The van der Waals surface area contributed by atoms with Crippen molar-refractivity contribution in [1.29, 1.82) is 0 Å². The van der Waals surface area contributed by atoms with Gasteiger partial charge in [-0.3, -0.25) is 9.59 Å². The number of piperazine rings is 1. The SMILES string of the molecule is CC(=O)N/C(=C\c1ccccc1)C(=O)N1CCN(c2cccc(Cl)c2)CC1. The third-order valence-corrected chi connectivity index (χ3v) is 4.63. The molecule has 1 heterocycles. The maximum Gasteiger partial charge on any atom is 0.270 e. The van der Waals surface area contributed by atoms with Crippen LogP contribution in [0.3, 0.4) is 0 Å². The van der Waals surface area contributed by atoms with Gasteiger partial charge in [0.05, 0.1) is 0 Å². The molecule has 140 valence electrons. The lowest BCUT2D eigenvalue weighted by molar-refractivity contribution is -0.129. The predicted octanol–water partition coefficient (Wildman–Crippen LogP) is 3.17. The normalized spacial score (nSPS) is 14.8. The number of benzene rings is 2. The van der Waals surface area contributed by atoms with Crippen LogP contribution in [0.25, 0.3) is 6.08 Å². The number of hydrogen-bond donors (Lipinski definition) is 1. The van der Waals surface area contributed by atoms with E-state index in [1.165, 1.54) is 6.92 Å². The molecular formula is C21H22ClN3O2. The molecule has 5 nitrogen and oxygen atoms in total. The fourth-order valence-electron chi connectivity index (χ4n) is 3.07. The minimum absolute atomic E-state index is 0.167. The molecule has 2 amide bonds. The number of hydrogen-bond acceptors (Lipinski definition) is 3. The number of anilines is 1. The van der Waals surface area contributed by atoms with Gasteiger partial charge in [-0.2, -0.15) is 0 Å². The van der Waals surface area contributed by atoms with E-state index in [4.69, 9.17) is 11.6 Å². The Bertz CT molecular complexity index is 844. The molecule has 0 aromatic heterocycles. The van der Waals surface area contributed by atoms with Crippen LogP contribution in [0, 0.1) is 0 Å². The molecule has 0 aliphatic carbocycles. The quantitative estimate of drug-likeness (QED) is 0.825. The second-order valence-corrected chi connectivity index (χ2v) is 6.85. The number of nitrogens with one attached hydrogen (secondary N) is 1. The van der Waals surface area contributed by atoms with Crippen LogP contribution in [0.5, 0.6) is 0 Å². The van der Waals surface area contributed by atoms with Gasteiger partial charge in [0.2, 0.25) is 5.91 Å². The molecule has 6 heteroatoms. The average Bonchev–Trinajstić information content (AvgIpc) is 2.67. The molecule has 0 unspecified atom stereocenters. The first kappa shape index (κ1) is 19.0. The van der Waals surface area contributed by atoms with Crippen LogP contribution >= 0.6 is 11.6 Å². The van der Waals surface area contributed by atoms with Gasteiger partial charge in [0.25, 0.3) is 5.91 Å². The van der Waals surface area contributed by atoms with Crippen molar-refractivity contribution in [2.24, 2.45) is 0 Å². The molecule has 1 fully saturated rings. The van der Waals surface area contributed by atoms with Crippen LogP contribution in [0.1, 0.15) is 12.5 Å². The standard InChI is InChI=1S/C21H22ClN3O2/c1-16(26)23-20(14-17-6-3-2-4-7-17)21(27)25-12-10-24(11-13-25)19-9-5-8-18(22)15-19/h2-9,14-15H,10-13H2,1H3,(H,23,26)/b20-14-. The highest BCUT2D eigenvalue weighted by atomic mass is 35.5. The number of carbonyl (C=O) groups is 2. The van der Waals surface area contributed by atoms with E-state index in [1.54, 1.807) is 11.0 Å². The summed E-state index contributed by atoms with van der Waals surface area (Å²) in [5.41, 5.74) is 2.22. The van der Waals surface area contributed by atoms with Gasteiger partial charge in [-0.15, -0.1) is 0 Å². The highest BCUT2D eigenvalue weighted by Gasteiger charge is 2.24. The van der Waals surface area contributed by atoms with Crippen LogP contribution in [0.15, 0.2) is 60.3 Å². The summed E-state index contributed by atoms with van der Waals surface area (Å²) in [5, 5.41) is 3.37. The highest BCUT2D eigenvalue weighted by Crippen LogP contribution is 2.21. The smallest absolute Gasteiger partial charge is 0.270 e. The Morgan fingerprint density at radius 3 is 2.33 bits per heavy atom. The van der Waals surface area contributed by atoms with E-state index in [2.05, 4.69) is 10.2 Å². The zero-order valence-electron chi connectivity index (χ0n) is 15.2. The lowest BCUT2D eigenvalue weighted by atomic mass is 10.1. The Morgan fingerprint density at radius 2 is 1.70 bits per heavy atom. The summed E-state index contributed by atoms with van der Waals surface area (Å²) < 4.78 is 0.